The van der Waals surface area contributed by atoms with Crippen LogP contribution in [0.25, 0.3) is 0 Å². The predicted octanol–water partition coefficient (Wildman–Crippen LogP) is 2.82. The zero-order valence-corrected chi connectivity index (χ0v) is 13.4. The van der Waals surface area contributed by atoms with Gasteiger partial charge in [-0.05, 0) is 37.9 Å². The van der Waals surface area contributed by atoms with E-state index in [1.165, 1.54) is 6.42 Å². The molecule has 1 saturated carbocycles. The molecule has 1 aromatic rings. The highest BCUT2D eigenvalue weighted by Crippen LogP contribution is 2.37. The normalized spacial score (nSPS) is 23.9. The summed E-state index contributed by atoms with van der Waals surface area (Å²) in [6.07, 6.45) is 5.72. The Bertz CT molecular complexity index is 594. The van der Waals surface area contributed by atoms with Gasteiger partial charge in [0, 0.05) is 12.6 Å². The molecule has 0 spiro atoms. The van der Waals surface area contributed by atoms with Crippen LogP contribution in [0.3, 0.4) is 0 Å². The lowest BCUT2D eigenvalue weighted by molar-refractivity contribution is 0.476. The minimum Gasteiger partial charge on any atom is -0.313 e. The first-order chi connectivity index (χ1) is 10.1. The lowest BCUT2D eigenvalue weighted by atomic mass is 9.98. The molecule has 1 aliphatic heterocycles. The summed E-state index contributed by atoms with van der Waals surface area (Å²) in [4.78, 5) is 0. The molecular weight excluding hydrogens is 284 g/mol. The Morgan fingerprint density at radius 2 is 1.81 bits per heavy atom. The molecule has 1 fully saturated rings. The summed E-state index contributed by atoms with van der Waals surface area (Å²) in [6.45, 7) is 0.585. The molecule has 0 saturated heterocycles. The molecular formula is C16H24N2O2S. The fraction of sp³-hybridized carbons (Fsp3) is 0.625. The van der Waals surface area contributed by atoms with Gasteiger partial charge in [0.2, 0.25) is 10.0 Å². The van der Waals surface area contributed by atoms with Gasteiger partial charge in [-0.3, -0.25) is 4.31 Å². The third kappa shape index (κ3) is 2.69. The molecule has 0 bridgehead atoms. The number of nitrogens with zero attached hydrogens (tertiary/aromatic N) is 1. The van der Waals surface area contributed by atoms with Gasteiger partial charge in [-0.25, -0.2) is 8.42 Å². The van der Waals surface area contributed by atoms with E-state index in [0.717, 1.165) is 43.4 Å². The monoisotopic (exact) mass is 308 g/mol. The number of para-hydroxylation sites is 1. The largest absolute Gasteiger partial charge is 0.313 e. The van der Waals surface area contributed by atoms with Crippen molar-refractivity contribution in [3.63, 3.8) is 0 Å². The van der Waals surface area contributed by atoms with E-state index >= 15 is 0 Å². The van der Waals surface area contributed by atoms with Gasteiger partial charge in [0.1, 0.15) is 0 Å². The number of nitrogens with one attached hydrogen (secondary N) is 1. The number of hydrogen-bond donors (Lipinski definition) is 1. The van der Waals surface area contributed by atoms with Crippen molar-refractivity contribution in [2.45, 2.75) is 49.8 Å². The Morgan fingerprint density at radius 3 is 2.52 bits per heavy atom. The zero-order valence-electron chi connectivity index (χ0n) is 12.6. The maximum absolute atomic E-state index is 13.0. The predicted molar refractivity (Wildman–Crippen MR) is 86.0 cm³/mol. The summed E-state index contributed by atoms with van der Waals surface area (Å²) in [5.41, 5.74) is 1.97. The second kappa shape index (κ2) is 5.97. The highest BCUT2D eigenvalue weighted by atomic mass is 32.2. The molecule has 1 atom stereocenters. The van der Waals surface area contributed by atoms with Crippen LogP contribution in [0.4, 0.5) is 5.69 Å². The molecule has 3 rings (SSSR count). The molecule has 21 heavy (non-hydrogen) atoms. The fourth-order valence-corrected chi connectivity index (χ4v) is 5.73. The van der Waals surface area contributed by atoms with Gasteiger partial charge in [0.05, 0.1) is 10.9 Å². The van der Waals surface area contributed by atoms with E-state index < -0.39 is 10.0 Å². The number of sulfonamides is 1. The second-order valence-corrected chi connectivity index (χ2v) is 8.20. The molecule has 116 valence electrons. The molecule has 2 aliphatic rings. The minimum atomic E-state index is -3.22. The van der Waals surface area contributed by atoms with Gasteiger partial charge in [-0.1, -0.05) is 37.5 Å². The number of anilines is 1. The molecule has 5 heteroatoms. The third-order valence-corrected chi connectivity index (χ3v) is 7.14. The van der Waals surface area contributed by atoms with Crippen LogP contribution >= 0.6 is 0 Å². The maximum Gasteiger partial charge on any atom is 0.238 e. The zero-order chi connectivity index (χ0) is 14.9. The molecule has 1 N–H and O–H groups in total. The standard InChI is InChI=1S/C16H24N2O2S/c1-17-15-11-12-18(16-10-6-5-9-14(15)16)21(19,20)13-7-3-2-4-8-13/h5-6,9-10,13,15,17H,2-4,7-8,11-12H2,1H3. The molecule has 0 amide bonds. The average Bonchev–Trinajstić information content (AvgIpc) is 2.54. The van der Waals surface area contributed by atoms with Crippen LogP contribution in [0.2, 0.25) is 0 Å². The average molecular weight is 308 g/mol. The first-order valence-electron chi connectivity index (χ1n) is 7.92. The summed E-state index contributed by atoms with van der Waals surface area (Å²) in [5, 5.41) is 3.10. The number of rotatable bonds is 3. The van der Waals surface area contributed by atoms with E-state index in [-0.39, 0.29) is 11.3 Å². The molecule has 0 aromatic heterocycles. The Morgan fingerprint density at radius 1 is 1.10 bits per heavy atom. The Hall–Kier alpha value is -1.07. The van der Waals surface area contributed by atoms with Gasteiger partial charge < -0.3 is 5.32 Å². The van der Waals surface area contributed by atoms with Crippen LogP contribution in [0.15, 0.2) is 24.3 Å². The summed E-state index contributed by atoms with van der Waals surface area (Å²) in [6, 6.07) is 8.15. The van der Waals surface area contributed by atoms with Crippen molar-refractivity contribution >= 4 is 15.7 Å². The molecule has 0 radical (unpaired) electrons. The van der Waals surface area contributed by atoms with Crippen LogP contribution in [-0.2, 0) is 10.0 Å². The van der Waals surface area contributed by atoms with E-state index in [9.17, 15) is 8.42 Å². The van der Waals surface area contributed by atoms with Crippen LogP contribution in [0.5, 0.6) is 0 Å². The molecule has 4 nitrogen and oxygen atoms in total. The fourth-order valence-electron chi connectivity index (χ4n) is 3.64. The summed E-state index contributed by atoms with van der Waals surface area (Å²) in [5.74, 6) is 0. The lowest BCUT2D eigenvalue weighted by Crippen LogP contribution is -2.44. The molecule has 1 aromatic carbocycles. The van der Waals surface area contributed by atoms with Crippen LogP contribution in [-0.4, -0.2) is 27.3 Å². The Kier molecular flexibility index (Phi) is 4.22. The first-order valence-corrected chi connectivity index (χ1v) is 9.42. The summed E-state index contributed by atoms with van der Waals surface area (Å²) >= 11 is 0. The smallest absolute Gasteiger partial charge is 0.238 e. The lowest BCUT2D eigenvalue weighted by Gasteiger charge is -2.37. The summed E-state index contributed by atoms with van der Waals surface area (Å²) < 4.78 is 27.7. The third-order valence-electron chi connectivity index (χ3n) is 4.83. The van der Waals surface area contributed by atoms with Crippen LogP contribution in [0.1, 0.15) is 50.1 Å². The highest BCUT2D eigenvalue weighted by Gasteiger charge is 2.37. The number of benzene rings is 1. The van der Waals surface area contributed by atoms with E-state index in [1.54, 1.807) is 4.31 Å². The van der Waals surface area contributed by atoms with Crippen LogP contribution in [0, 0.1) is 0 Å². The first kappa shape index (κ1) is 14.9. The van der Waals surface area contributed by atoms with E-state index in [2.05, 4.69) is 5.32 Å². The SMILES string of the molecule is CNC1CCN(S(=O)(=O)C2CCCCC2)c2ccccc21. The van der Waals surface area contributed by atoms with Crippen LogP contribution < -0.4 is 9.62 Å². The van der Waals surface area contributed by atoms with Crippen molar-refractivity contribution in [2.75, 3.05) is 17.9 Å². The maximum atomic E-state index is 13.0. The van der Waals surface area contributed by atoms with Crippen molar-refractivity contribution < 1.29 is 8.42 Å². The molecule has 1 unspecified atom stereocenters. The van der Waals surface area contributed by atoms with E-state index in [0.29, 0.717) is 6.54 Å². The van der Waals surface area contributed by atoms with E-state index in [4.69, 9.17) is 0 Å². The minimum absolute atomic E-state index is 0.189. The van der Waals surface area contributed by atoms with Gasteiger partial charge in [0.25, 0.3) is 0 Å². The van der Waals surface area contributed by atoms with Gasteiger partial charge in [0.15, 0.2) is 0 Å². The van der Waals surface area contributed by atoms with Crippen molar-refractivity contribution in [1.29, 1.82) is 0 Å². The Balaban J connectivity index is 1.95. The summed E-state index contributed by atoms with van der Waals surface area (Å²) in [7, 11) is -1.29. The van der Waals surface area contributed by atoms with Crippen molar-refractivity contribution in [2.24, 2.45) is 0 Å². The molecule has 1 aliphatic carbocycles. The van der Waals surface area contributed by atoms with Crippen molar-refractivity contribution in [1.82, 2.24) is 5.32 Å². The van der Waals surface area contributed by atoms with Gasteiger partial charge in [-0.2, -0.15) is 0 Å². The quantitative estimate of drug-likeness (QED) is 0.934. The van der Waals surface area contributed by atoms with Gasteiger partial charge >= 0.3 is 0 Å². The second-order valence-electron chi connectivity index (χ2n) is 6.07. The van der Waals surface area contributed by atoms with Crippen molar-refractivity contribution in [3.05, 3.63) is 29.8 Å². The number of fused-ring (bicyclic) bond motifs is 1. The molecule has 1 heterocycles. The highest BCUT2D eigenvalue weighted by molar-refractivity contribution is 7.93. The van der Waals surface area contributed by atoms with E-state index in [1.807, 2.05) is 31.3 Å². The topological polar surface area (TPSA) is 49.4 Å². The van der Waals surface area contributed by atoms with Gasteiger partial charge in [-0.15, -0.1) is 0 Å². The van der Waals surface area contributed by atoms with Crippen molar-refractivity contribution in [3.8, 4) is 0 Å². The number of hydrogen-bond acceptors (Lipinski definition) is 3. The Labute approximate surface area is 127 Å².